The summed E-state index contributed by atoms with van der Waals surface area (Å²) in [5.41, 5.74) is 0. The summed E-state index contributed by atoms with van der Waals surface area (Å²) in [7, 11) is 5.84. The number of carbonyl (C=O) groups is 1. The van der Waals surface area contributed by atoms with Gasteiger partial charge in [0.15, 0.2) is 0 Å². The molecule has 0 radical (unpaired) electrons. The summed E-state index contributed by atoms with van der Waals surface area (Å²) in [6, 6.07) is 0. The highest BCUT2D eigenvalue weighted by molar-refractivity contribution is 5.68. The van der Waals surface area contributed by atoms with Gasteiger partial charge < -0.3 is 19.5 Å². The molecule has 2 atom stereocenters. The molecule has 120 valence electrons. The van der Waals surface area contributed by atoms with E-state index in [9.17, 15) is 15.0 Å². The number of quaternary nitrogens is 1. The third kappa shape index (κ3) is 10.2. The number of carboxylic acids is 1. The summed E-state index contributed by atoms with van der Waals surface area (Å²) in [5, 5.41) is 21.2. The van der Waals surface area contributed by atoms with Crippen LogP contribution in [0.2, 0.25) is 0 Å². The summed E-state index contributed by atoms with van der Waals surface area (Å²) in [4.78, 5) is 11.2. The second-order valence-corrected chi connectivity index (χ2v) is 6.88. The van der Waals surface area contributed by atoms with Crippen molar-refractivity contribution in [2.75, 3.05) is 27.7 Å². The minimum absolute atomic E-state index is 0.440. The zero-order valence-electron chi connectivity index (χ0n) is 13.7. The van der Waals surface area contributed by atoms with Crippen molar-refractivity contribution >= 4 is 5.97 Å². The molecule has 0 rings (SSSR count). The summed E-state index contributed by atoms with van der Waals surface area (Å²) >= 11 is 0. The van der Waals surface area contributed by atoms with Gasteiger partial charge in [0.2, 0.25) is 0 Å². The van der Waals surface area contributed by atoms with Crippen molar-refractivity contribution in [1.29, 1.82) is 0 Å². The van der Waals surface area contributed by atoms with Crippen molar-refractivity contribution in [1.82, 2.24) is 0 Å². The molecule has 0 bridgehead atoms. The quantitative estimate of drug-likeness (QED) is 0.438. The Bertz CT molecular complexity index is 261. The molecule has 0 saturated carbocycles. The summed E-state index contributed by atoms with van der Waals surface area (Å²) < 4.78 is 0.558. The molecule has 0 aromatic carbocycles. The van der Waals surface area contributed by atoms with Crippen LogP contribution in [0.25, 0.3) is 0 Å². The Kier molecular flexibility index (Phi) is 9.86. The number of carbonyl (C=O) groups excluding carboxylic acids is 1. The molecule has 0 aliphatic carbocycles. The third-order valence-corrected chi connectivity index (χ3v) is 3.62. The van der Waals surface area contributed by atoms with E-state index in [0.717, 1.165) is 19.3 Å². The van der Waals surface area contributed by atoms with Crippen molar-refractivity contribution < 1.29 is 19.5 Å². The monoisotopic (exact) mass is 287 g/mol. The fourth-order valence-corrected chi connectivity index (χ4v) is 2.48. The van der Waals surface area contributed by atoms with Gasteiger partial charge in [0.1, 0.15) is 12.6 Å². The van der Waals surface area contributed by atoms with Crippen molar-refractivity contribution in [3.05, 3.63) is 0 Å². The van der Waals surface area contributed by atoms with Crippen LogP contribution in [0.5, 0.6) is 0 Å². The number of likely N-dealkylation sites (N-methyl/N-ethyl adjacent to an activating group) is 1. The normalized spacial score (nSPS) is 15.1. The first-order chi connectivity index (χ1) is 9.28. The van der Waals surface area contributed by atoms with E-state index in [-0.39, 0.29) is 0 Å². The zero-order chi connectivity index (χ0) is 15.6. The van der Waals surface area contributed by atoms with E-state index >= 15 is 0 Å². The van der Waals surface area contributed by atoms with E-state index in [1.165, 1.54) is 25.7 Å². The van der Waals surface area contributed by atoms with Gasteiger partial charge in [0.25, 0.3) is 0 Å². The number of aliphatic hydroxyl groups is 1. The average Bonchev–Trinajstić information content (AvgIpc) is 2.29. The van der Waals surface area contributed by atoms with Gasteiger partial charge in [-0.25, -0.2) is 0 Å². The number of hydrogen-bond donors (Lipinski definition) is 1. The van der Waals surface area contributed by atoms with E-state index in [2.05, 4.69) is 6.92 Å². The number of unbranched alkanes of at least 4 members (excludes halogenated alkanes) is 6. The predicted molar refractivity (Wildman–Crippen MR) is 80.0 cm³/mol. The molecule has 0 saturated heterocycles. The lowest BCUT2D eigenvalue weighted by Crippen LogP contribution is -2.48. The Labute approximate surface area is 124 Å². The Morgan fingerprint density at radius 3 is 2.00 bits per heavy atom. The zero-order valence-corrected chi connectivity index (χ0v) is 13.7. The molecule has 4 nitrogen and oxygen atoms in total. The third-order valence-electron chi connectivity index (χ3n) is 3.62. The molecule has 0 amide bonds. The maximum Gasteiger partial charge on any atom is 0.111 e. The molecule has 1 N–H and O–H groups in total. The van der Waals surface area contributed by atoms with Crippen molar-refractivity contribution in [3.8, 4) is 0 Å². The summed E-state index contributed by atoms with van der Waals surface area (Å²) in [5.74, 6) is -1.85. The Morgan fingerprint density at radius 2 is 1.55 bits per heavy atom. The van der Waals surface area contributed by atoms with E-state index in [1.54, 1.807) is 0 Å². The number of hydrogen-bond acceptors (Lipinski definition) is 3. The lowest BCUT2D eigenvalue weighted by atomic mass is 9.94. The van der Waals surface area contributed by atoms with Gasteiger partial charge in [-0.2, -0.15) is 0 Å². The Morgan fingerprint density at radius 1 is 1.05 bits per heavy atom. The van der Waals surface area contributed by atoms with Crippen molar-refractivity contribution in [2.24, 2.45) is 5.92 Å². The van der Waals surface area contributed by atoms with Gasteiger partial charge in [-0.1, -0.05) is 51.9 Å². The molecule has 2 unspecified atom stereocenters. The number of rotatable bonds is 12. The predicted octanol–water partition coefficient (Wildman–Crippen LogP) is 1.56. The molecule has 4 heteroatoms. The molecular weight excluding hydrogens is 254 g/mol. The van der Waals surface area contributed by atoms with Gasteiger partial charge in [-0.15, -0.1) is 0 Å². The van der Waals surface area contributed by atoms with E-state index in [0.29, 0.717) is 17.4 Å². The first-order valence-corrected chi connectivity index (χ1v) is 7.97. The maximum atomic E-state index is 11.2. The molecular formula is C16H33NO3. The van der Waals surface area contributed by atoms with Crippen molar-refractivity contribution in [3.63, 3.8) is 0 Å². The highest BCUT2D eigenvalue weighted by Crippen LogP contribution is 2.17. The smallest absolute Gasteiger partial charge is 0.111 e. The van der Waals surface area contributed by atoms with Crippen LogP contribution in [0.15, 0.2) is 0 Å². The lowest BCUT2D eigenvalue weighted by Gasteiger charge is -2.31. The largest absolute Gasteiger partial charge is 0.550 e. The van der Waals surface area contributed by atoms with Crippen molar-refractivity contribution in [2.45, 2.75) is 64.4 Å². The Balaban J connectivity index is 3.95. The van der Waals surface area contributed by atoms with Gasteiger partial charge in [0, 0.05) is 11.9 Å². The van der Waals surface area contributed by atoms with Crippen LogP contribution in [0.3, 0.4) is 0 Å². The fraction of sp³-hybridized carbons (Fsp3) is 0.938. The second kappa shape index (κ2) is 10.2. The minimum atomic E-state index is -1.11. The van der Waals surface area contributed by atoms with Gasteiger partial charge in [-0.05, 0) is 6.42 Å². The van der Waals surface area contributed by atoms with Crippen LogP contribution in [0.1, 0.15) is 58.3 Å². The summed E-state index contributed by atoms with van der Waals surface area (Å²) in [6.45, 7) is 2.63. The van der Waals surface area contributed by atoms with Crippen LogP contribution < -0.4 is 5.11 Å². The molecule has 0 aliphatic rings. The molecule has 0 aromatic heterocycles. The second-order valence-electron chi connectivity index (χ2n) is 6.88. The number of carboxylic acid groups (broad SMARTS) is 1. The van der Waals surface area contributed by atoms with Crippen LogP contribution in [-0.4, -0.2) is 49.4 Å². The minimum Gasteiger partial charge on any atom is -0.550 e. The van der Waals surface area contributed by atoms with Crippen LogP contribution in [0.4, 0.5) is 0 Å². The molecule has 0 aliphatic heterocycles. The molecule has 0 heterocycles. The fourth-order valence-electron chi connectivity index (χ4n) is 2.48. The van der Waals surface area contributed by atoms with E-state index in [4.69, 9.17) is 0 Å². The molecule has 0 spiro atoms. The lowest BCUT2D eigenvalue weighted by molar-refractivity contribution is -0.874. The maximum absolute atomic E-state index is 11.2. The first-order valence-electron chi connectivity index (χ1n) is 7.97. The van der Waals surface area contributed by atoms with Gasteiger partial charge in [0.05, 0.1) is 21.1 Å². The molecule has 0 fully saturated rings. The van der Waals surface area contributed by atoms with Gasteiger partial charge in [-0.3, -0.25) is 0 Å². The van der Waals surface area contributed by atoms with Gasteiger partial charge >= 0.3 is 0 Å². The van der Waals surface area contributed by atoms with E-state index in [1.807, 2.05) is 21.1 Å². The highest BCUT2D eigenvalue weighted by Gasteiger charge is 2.25. The van der Waals surface area contributed by atoms with Crippen LogP contribution in [0, 0.1) is 5.92 Å². The topological polar surface area (TPSA) is 60.4 Å². The van der Waals surface area contributed by atoms with Crippen LogP contribution >= 0.6 is 0 Å². The first kappa shape index (κ1) is 19.4. The molecule has 20 heavy (non-hydrogen) atoms. The highest BCUT2D eigenvalue weighted by atomic mass is 16.4. The summed E-state index contributed by atoms with van der Waals surface area (Å²) in [6.07, 6.45) is 7.79. The number of aliphatic carboxylic acids is 1. The average molecular weight is 287 g/mol. The standard InChI is InChI=1S/C16H33NO3/c1-5-6-7-8-9-10-11-12-14(16(19)20)15(18)13-17(2,3)4/h14-15,18H,5-13H2,1-4H3. The number of aliphatic hydroxyl groups excluding tert-OH is 1. The number of nitrogens with zero attached hydrogens (tertiary/aromatic N) is 1. The van der Waals surface area contributed by atoms with Crippen LogP contribution in [-0.2, 0) is 4.79 Å². The SMILES string of the molecule is CCCCCCCCCC(C(=O)[O-])C(O)C[N+](C)(C)C. The Hall–Kier alpha value is -0.610. The molecule has 0 aromatic rings. The van der Waals surface area contributed by atoms with E-state index < -0.39 is 18.0 Å².